The van der Waals surface area contributed by atoms with Gasteiger partial charge in [-0.3, -0.25) is 0 Å². The highest BCUT2D eigenvalue weighted by molar-refractivity contribution is 7.71. The lowest BCUT2D eigenvalue weighted by Crippen LogP contribution is -2.32. The zero-order chi connectivity index (χ0) is 13.9. The number of fused-ring (bicyclic) bond motifs is 4. The largest absolute Gasteiger partial charge is 0.487 e. The molecule has 0 N–H and O–H groups in total. The van der Waals surface area contributed by atoms with E-state index < -0.39 is 0 Å². The number of ether oxygens (including phenoxy) is 1. The predicted octanol–water partition coefficient (Wildman–Crippen LogP) is 4.75. The Morgan fingerprint density at radius 2 is 1.90 bits per heavy atom. The first-order chi connectivity index (χ1) is 9.53. The highest BCUT2D eigenvalue weighted by atomic mass is 32.1. The standard InChI is InChI=1S/C17H18O2S/c1-17(2)7-6-10-8-13-11-4-3-5-12(11)16(20)18-15(13)9-14(10)19-17/h8-9H,3-7H2,1-2H3. The summed E-state index contributed by atoms with van der Waals surface area (Å²) >= 11 is 5.40. The molecule has 4 rings (SSSR count). The molecule has 0 saturated carbocycles. The molecule has 3 heteroatoms. The van der Waals surface area contributed by atoms with Crippen LogP contribution in [-0.4, -0.2) is 5.60 Å². The van der Waals surface area contributed by atoms with E-state index in [1.54, 1.807) is 0 Å². The average Bonchev–Trinajstić information content (AvgIpc) is 2.86. The van der Waals surface area contributed by atoms with Crippen molar-refractivity contribution in [3.63, 3.8) is 0 Å². The summed E-state index contributed by atoms with van der Waals surface area (Å²) in [4.78, 5) is 0. The van der Waals surface area contributed by atoms with Crippen molar-refractivity contribution in [1.29, 1.82) is 0 Å². The van der Waals surface area contributed by atoms with Crippen molar-refractivity contribution < 1.29 is 9.15 Å². The molecule has 0 radical (unpaired) electrons. The van der Waals surface area contributed by atoms with Crippen molar-refractivity contribution >= 4 is 23.2 Å². The number of benzene rings is 1. The molecule has 0 amide bonds. The molecule has 0 spiro atoms. The molecule has 2 aromatic rings. The Kier molecular flexibility index (Phi) is 2.53. The molecule has 2 heterocycles. The molecule has 1 aromatic carbocycles. The first-order valence-electron chi connectivity index (χ1n) is 7.34. The van der Waals surface area contributed by atoms with E-state index in [1.165, 1.54) is 28.5 Å². The predicted molar refractivity (Wildman–Crippen MR) is 82.1 cm³/mol. The monoisotopic (exact) mass is 286 g/mol. The lowest BCUT2D eigenvalue weighted by Gasteiger charge is -2.32. The van der Waals surface area contributed by atoms with Gasteiger partial charge in [0, 0.05) is 17.0 Å². The van der Waals surface area contributed by atoms with Gasteiger partial charge in [0.05, 0.1) is 0 Å². The number of hydrogen-bond acceptors (Lipinski definition) is 3. The molecule has 1 aliphatic heterocycles. The van der Waals surface area contributed by atoms with Crippen LogP contribution in [-0.2, 0) is 19.3 Å². The van der Waals surface area contributed by atoms with Crippen LogP contribution in [0.5, 0.6) is 5.75 Å². The van der Waals surface area contributed by atoms with E-state index in [0.717, 1.165) is 37.0 Å². The third-order valence-corrected chi connectivity index (χ3v) is 4.87. The quantitative estimate of drug-likeness (QED) is 0.652. The van der Waals surface area contributed by atoms with Gasteiger partial charge in [0.1, 0.15) is 16.9 Å². The lowest BCUT2D eigenvalue weighted by atomic mass is 9.92. The van der Waals surface area contributed by atoms with Gasteiger partial charge in [0.2, 0.25) is 0 Å². The van der Waals surface area contributed by atoms with Crippen LogP contribution in [0.2, 0.25) is 0 Å². The second-order valence-corrected chi connectivity index (χ2v) is 6.89. The second-order valence-electron chi connectivity index (χ2n) is 6.52. The number of rotatable bonds is 0. The smallest absolute Gasteiger partial charge is 0.194 e. The summed E-state index contributed by atoms with van der Waals surface area (Å²) in [5.74, 6) is 0.963. The molecule has 1 aromatic heterocycles. The van der Waals surface area contributed by atoms with Crippen molar-refractivity contribution in [3.05, 3.63) is 33.5 Å². The van der Waals surface area contributed by atoms with Gasteiger partial charge < -0.3 is 9.15 Å². The zero-order valence-electron chi connectivity index (χ0n) is 11.9. The van der Waals surface area contributed by atoms with Crippen LogP contribution in [0, 0.1) is 4.71 Å². The Bertz CT molecular complexity index is 771. The third kappa shape index (κ3) is 1.80. The summed E-state index contributed by atoms with van der Waals surface area (Å²) in [6.07, 6.45) is 5.51. The molecule has 0 bridgehead atoms. The average molecular weight is 286 g/mol. The van der Waals surface area contributed by atoms with Gasteiger partial charge in [-0.25, -0.2) is 0 Å². The number of aryl methyl sites for hydroxylation is 2. The maximum absolute atomic E-state index is 6.09. The maximum Gasteiger partial charge on any atom is 0.194 e. The topological polar surface area (TPSA) is 22.4 Å². The Labute approximate surface area is 123 Å². The minimum Gasteiger partial charge on any atom is -0.487 e. The van der Waals surface area contributed by atoms with Crippen molar-refractivity contribution in [2.75, 3.05) is 0 Å². The minimum absolute atomic E-state index is 0.0891. The first kappa shape index (κ1) is 12.4. The third-order valence-electron chi connectivity index (χ3n) is 4.54. The van der Waals surface area contributed by atoms with Gasteiger partial charge in [-0.05, 0) is 75.4 Å². The van der Waals surface area contributed by atoms with Crippen LogP contribution in [0.25, 0.3) is 11.0 Å². The Balaban J connectivity index is 1.98. The molecule has 0 fully saturated rings. The van der Waals surface area contributed by atoms with E-state index in [9.17, 15) is 0 Å². The van der Waals surface area contributed by atoms with Crippen LogP contribution >= 0.6 is 12.2 Å². The molecular formula is C17H18O2S. The van der Waals surface area contributed by atoms with Gasteiger partial charge in [-0.1, -0.05) is 0 Å². The van der Waals surface area contributed by atoms with Crippen LogP contribution in [0.4, 0.5) is 0 Å². The summed E-state index contributed by atoms with van der Waals surface area (Å²) in [5.41, 5.74) is 4.76. The molecule has 1 aliphatic carbocycles. The van der Waals surface area contributed by atoms with Crippen molar-refractivity contribution in [2.24, 2.45) is 0 Å². The van der Waals surface area contributed by atoms with E-state index in [-0.39, 0.29) is 5.60 Å². The number of hydrogen-bond donors (Lipinski definition) is 0. The highest BCUT2D eigenvalue weighted by Crippen LogP contribution is 2.39. The molecule has 0 saturated heterocycles. The first-order valence-corrected chi connectivity index (χ1v) is 7.75. The normalized spacial score (nSPS) is 19.5. The van der Waals surface area contributed by atoms with Gasteiger partial charge in [-0.15, -0.1) is 0 Å². The van der Waals surface area contributed by atoms with E-state index in [0.29, 0.717) is 4.71 Å². The van der Waals surface area contributed by atoms with Gasteiger partial charge in [0.25, 0.3) is 0 Å². The fourth-order valence-electron chi connectivity index (χ4n) is 3.43. The van der Waals surface area contributed by atoms with Crippen molar-refractivity contribution in [1.82, 2.24) is 0 Å². The summed E-state index contributed by atoms with van der Waals surface area (Å²) in [7, 11) is 0. The minimum atomic E-state index is -0.0891. The Morgan fingerprint density at radius 1 is 1.10 bits per heavy atom. The fourth-order valence-corrected chi connectivity index (χ4v) is 3.74. The van der Waals surface area contributed by atoms with E-state index in [2.05, 4.69) is 19.9 Å². The molecule has 0 atom stereocenters. The fraction of sp³-hybridized carbons (Fsp3) is 0.471. The van der Waals surface area contributed by atoms with E-state index in [1.807, 2.05) is 6.07 Å². The molecule has 2 nitrogen and oxygen atoms in total. The summed E-state index contributed by atoms with van der Waals surface area (Å²) < 4.78 is 12.6. The molecule has 104 valence electrons. The van der Waals surface area contributed by atoms with E-state index >= 15 is 0 Å². The molecule has 20 heavy (non-hydrogen) atoms. The van der Waals surface area contributed by atoms with Crippen molar-refractivity contribution in [3.8, 4) is 5.75 Å². The molecule has 0 unspecified atom stereocenters. The summed E-state index contributed by atoms with van der Waals surface area (Å²) in [6.45, 7) is 4.27. The van der Waals surface area contributed by atoms with Crippen LogP contribution in [0.15, 0.2) is 16.5 Å². The maximum atomic E-state index is 6.09. The van der Waals surface area contributed by atoms with Crippen LogP contribution in [0.1, 0.15) is 43.4 Å². The van der Waals surface area contributed by atoms with Gasteiger partial charge in [-0.2, -0.15) is 0 Å². The summed E-state index contributed by atoms with van der Waals surface area (Å²) in [5, 5.41) is 1.24. The van der Waals surface area contributed by atoms with Crippen molar-refractivity contribution in [2.45, 2.75) is 51.6 Å². The Morgan fingerprint density at radius 3 is 2.75 bits per heavy atom. The van der Waals surface area contributed by atoms with Gasteiger partial charge >= 0.3 is 0 Å². The van der Waals surface area contributed by atoms with Crippen LogP contribution < -0.4 is 4.74 Å². The zero-order valence-corrected chi connectivity index (χ0v) is 12.7. The highest BCUT2D eigenvalue weighted by Gasteiger charge is 2.28. The summed E-state index contributed by atoms with van der Waals surface area (Å²) in [6, 6.07) is 4.31. The molecular weight excluding hydrogens is 268 g/mol. The lowest BCUT2D eigenvalue weighted by molar-refractivity contribution is 0.0848. The van der Waals surface area contributed by atoms with E-state index in [4.69, 9.17) is 21.4 Å². The van der Waals surface area contributed by atoms with Crippen LogP contribution in [0.3, 0.4) is 0 Å². The van der Waals surface area contributed by atoms with Gasteiger partial charge in [0.15, 0.2) is 4.71 Å². The molecule has 2 aliphatic rings. The SMILES string of the molecule is CC1(C)CCc2cc3c4c(c(=S)oc3cc2O1)CCC4. The second kappa shape index (κ2) is 4.08. The Hall–Kier alpha value is -1.35.